The van der Waals surface area contributed by atoms with Crippen molar-refractivity contribution < 1.29 is 0 Å². The lowest BCUT2D eigenvalue weighted by Gasteiger charge is -2.53. The Hall–Kier alpha value is -1.82. The standard InChI is InChI=1S/C43H62/c1-8-9-16-30-21-22-35(27-30)43(31-17-12-10-13-18-31,32-19-14-11-15-20-32)40-38-28-33(41(2,3)4)23-25-36(38)37-26-24-34(29-39(37)40)42(5,6)7/h8,10-15,17-20,30,33-40H,1,9,16,21-29H2,2-7H3. The van der Waals surface area contributed by atoms with Gasteiger partial charge in [-0.05, 0) is 139 Å². The zero-order valence-electron chi connectivity index (χ0n) is 28.5. The van der Waals surface area contributed by atoms with Crippen molar-refractivity contribution in [3.63, 3.8) is 0 Å². The van der Waals surface area contributed by atoms with Crippen LogP contribution in [0, 0.1) is 64.1 Å². The summed E-state index contributed by atoms with van der Waals surface area (Å²) in [6, 6.07) is 24.2. The molecule has 0 heterocycles. The lowest BCUT2D eigenvalue weighted by atomic mass is 9.50. The van der Waals surface area contributed by atoms with E-state index in [2.05, 4.69) is 115 Å². The summed E-state index contributed by atoms with van der Waals surface area (Å²) < 4.78 is 0. The molecule has 4 saturated carbocycles. The van der Waals surface area contributed by atoms with Gasteiger partial charge in [0.15, 0.2) is 0 Å². The predicted octanol–water partition coefficient (Wildman–Crippen LogP) is 12.1. The van der Waals surface area contributed by atoms with Crippen LogP contribution in [0.2, 0.25) is 0 Å². The Labute approximate surface area is 265 Å². The Morgan fingerprint density at radius 1 is 0.581 bits per heavy atom. The summed E-state index contributed by atoms with van der Waals surface area (Å²) in [5, 5.41) is 0. The first kappa shape index (κ1) is 31.2. The van der Waals surface area contributed by atoms with Gasteiger partial charge in [0, 0.05) is 5.41 Å². The highest BCUT2D eigenvalue weighted by atomic mass is 14.7. The Balaban J connectivity index is 1.56. The second-order valence-electron chi connectivity index (χ2n) is 17.8. The maximum Gasteiger partial charge on any atom is 0.0264 e. The summed E-state index contributed by atoms with van der Waals surface area (Å²) in [5.41, 5.74) is 4.14. The first-order chi connectivity index (χ1) is 20.5. The molecule has 8 atom stereocenters. The largest absolute Gasteiger partial charge is 0.103 e. The van der Waals surface area contributed by atoms with Crippen LogP contribution in [0.4, 0.5) is 0 Å². The summed E-state index contributed by atoms with van der Waals surface area (Å²) >= 11 is 0. The zero-order valence-corrected chi connectivity index (χ0v) is 28.5. The Morgan fingerprint density at radius 2 is 1.05 bits per heavy atom. The average molecular weight is 579 g/mol. The van der Waals surface area contributed by atoms with Crippen LogP contribution in [0.5, 0.6) is 0 Å². The fraction of sp³-hybridized carbons (Fsp3) is 0.674. The van der Waals surface area contributed by atoms with E-state index in [0.717, 1.165) is 47.3 Å². The molecule has 6 rings (SSSR count). The smallest absolute Gasteiger partial charge is 0.0264 e. The minimum absolute atomic E-state index is 0.0906. The minimum atomic E-state index is 0.0906. The monoisotopic (exact) mass is 578 g/mol. The lowest BCUT2D eigenvalue weighted by molar-refractivity contribution is 0.0420. The molecule has 0 amide bonds. The predicted molar refractivity (Wildman–Crippen MR) is 185 cm³/mol. The SMILES string of the molecule is C=CCCC1CCC(C(c2ccccc2)(c2ccccc2)C2C3CC(C(C)(C)C)CCC3C3CCC(C(C)(C)C)CC32)C1. The molecule has 8 unspecified atom stereocenters. The zero-order chi connectivity index (χ0) is 30.4. The third-order valence-electron chi connectivity index (χ3n) is 13.8. The Bertz CT molecular complexity index is 1110. The average Bonchev–Trinajstić information content (AvgIpc) is 3.60. The van der Waals surface area contributed by atoms with E-state index < -0.39 is 0 Å². The lowest BCUT2D eigenvalue weighted by Crippen LogP contribution is -2.49. The molecular formula is C43H62. The topological polar surface area (TPSA) is 0 Å². The van der Waals surface area contributed by atoms with Gasteiger partial charge in [-0.25, -0.2) is 0 Å². The van der Waals surface area contributed by atoms with Gasteiger partial charge in [-0.15, -0.1) is 6.58 Å². The van der Waals surface area contributed by atoms with Gasteiger partial charge in [0.1, 0.15) is 0 Å². The molecule has 4 aliphatic carbocycles. The molecule has 0 bridgehead atoms. The third kappa shape index (κ3) is 5.72. The molecule has 43 heavy (non-hydrogen) atoms. The van der Waals surface area contributed by atoms with Crippen LogP contribution in [-0.4, -0.2) is 0 Å². The van der Waals surface area contributed by atoms with Gasteiger partial charge in [0.25, 0.3) is 0 Å². The summed E-state index contributed by atoms with van der Waals surface area (Å²) in [4.78, 5) is 0. The number of rotatable bonds is 7. The van der Waals surface area contributed by atoms with Crippen LogP contribution < -0.4 is 0 Å². The molecule has 4 aliphatic rings. The maximum atomic E-state index is 4.09. The first-order valence-electron chi connectivity index (χ1n) is 18.3. The molecule has 234 valence electrons. The first-order valence-corrected chi connectivity index (χ1v) is 18.3. The molecule has 0 heteroatoms. The molecule has 0 aliphatic heterocycles. The van der Waals surface area contributed by atoms with E-state index in [9.17, 15) is 0 Å². The van der Waals surface area contributed by atoms with Crippen LogP contribution in [0.25, 0.3) is 0 Å². The molecule has 0 saturated heterocycles. The molecule has 2 aromatic carbocycles. The second kappa shape index (κ2) is 12.2. The van der Waals surface area contributed by atoms with E-state index in [1.807, 2.05) is 0 Å². The van der Waals surface area contributed by atoms with Crippen LogP contribution in [0.1, 0.15) is 123 Å². The van der Waals surface area contributed by atoms with E-state index in [1.54, 1.807) is 11.1 Å². The number of hydrogen-bond acceptors (Lipinski definition) is 0. The molecule has 0 nitrogen and oxygen atoms in total. The van der Waals surface area contributed by atoms with Crippen LogP contribution in [-0.2, 0) is 5.41 Å². The summed E-state index contributed by atoms with van der Waals surface area (Å²) in [6.45, 7) is 19.3. The molecule has 0 aromatic heterocycles. The van der Waals surface area contributed by atoms with Gasteiger partial charge >= 0.3 is 0 Å². The van der Waals surface area contributed by atoms with E-state index in [4.69, 9.17) is 0 Å². The van der Waals surface area contributed by atoms with E-state index in [0.29, 0.717) is 16.7 Å². The van der Waals surface area contributed by atoms with Crippen molar-refractivity contribution in [1.82, 2.24) is 0 Å². The van der Waals surface area contributed by atoms with Crippen molar-refractivity contribution in [1.29, 1.82) is 0 Å². The van der Waals surface area contributed by atoms with Crippen LogP contribution in [0.3, 0.4) is 0 Å². The van der Waals surface area contributed by atoms with Crippen molar-refractivity contribution in [3.8, 4) is 0 Å². The van der Waals surface area contributed by atoms with Gasteiger partial charge in [0.2, 0.25) is 0 Å². The van der Waals surface area contributed by atoms with Crippen LogP contribution in [0.15, 0.2) is 73.3 Å². The van der Waals surface area contributed by atoms with Crippen molar-refractivity contribution in [2.75, 3.05) is 0 Å². The van der Waals surface area contributed by atoms with Gasteiger partial charge in [0.05, 0.1) is 0 Å². The van der Waals surface area contributed by atoms with E-state index in [1.165, 1.54) is 70.6 Å². The highest BCUT2D eigenvalue weighted by molar-refractivity contribution is 5.43. The number of fused-ring (bicyclic) bond motifs is 3. The molecule has 4 fully saturated rings. The van der Waals surface area contributed by atoms with Gasteiger partial charge in [-0.2, -0.15) is 0 Å². The highest BCUT2D eigenvalue weighted by Crippen LogP contribution is 2.69. The summed E-state index contributed by atoms with van der Waals surface area (Å²) in [7, 11) is 0. The minimum Gasteiger partial charge on any atom is -0.103 e. The number of hydrogen-bond donors (Lipinski definition) is 0. The van der Waals surface area contributed by atoms with E-state index >= 15 is 0 Å². The van der Waals surface area contributed by atoms with Gasteiger partial charge < -0.3 is 0 Å². The van der Waals surface area contributed by atoms with Crippen molar-refractivity contribution >= 4 is 0 Å². The molecule has 0 spiro atoms. The summed E-state index contributed by atoms with van der Waals surface area (Å²) in [5.74, 6) is 7.45. The highest BCUT2D eigenvalue weighted by Gasteiger charge is 2.63. The molecular weight excluding hydrogens is 516 g/mol. The maximum absolute atomic E-state index is 4.09. The molecule has 2 aromatic rings. The third-order valence-corrected chi connectivity index (χ3v) is 13.8. The normalized spacial score (nSPS) is 34.9. The van der Waals surface area contributed by atoms with Crippen LogP contribution >= 0.6 is 0 Å². The fourth-order valence-electron chi connectivity index (χ4n) is 11.7. The number of benzene rings is 2. The Morgan fingerprint density at radius 3 is 1.49 bits per heavy atom. The second-order valence-corrected chi connectivity index (χ2v) is 17.8. The van der Waals surface area contributed by atoms with Gasteiger partial charge in [-0.1, -0.05) is 115 Å². The van der Waals surface area contributed by atoms with Crippen molar-refractivity contribution in [2.45, 2.75) is 118 Å². The fourth-order valence-corrected chi connectivity index (χ4v) is 11.7. The number of allylic oxidation sites excluding steroid dienone is 1. The quantitative estimate of drug-likeness (QED) is 0.287. The van der Waals surface area contributed by atoms with Crippen molar-refractivity contribution in [3.05, 3.63) is 84.4 Å². The van der Waals surface area contributed by atoms with E-state index in [-0.39, 0.29) is 5.41 Å². The van der Waals surface area contributed by atoms with Crippen molar-refractivity contribution in [2.24, 2.45) is 64.1 Å². The van der Waals surface area contributed by atoms with Gasteiger partial charge in [-0.3, -0.25) is 0 Å². The summed E-state index contributed by atoms with van der Waals surface area (Å²) in [6.07, 6.45) is 17.5. The molecule has 0 N–H and O–H groups in total. The Kier molecular flexibility index (Phi) is 8.83. The molecule has 0 radical (unpaired) electrons.